The molecule has 2 rings (SSSR count). The van der Waals surface area contributed by atoms with E-state index in [0.29, 0.717) is 6.54 Å². The monoisotopic (exact) mass is 330 g/mol. The second-order valence-electron chi connectivity index (χ2n) is 6.41. The summed E-state index contributed by atoms with van der Waals surface area (Å²) in [6.07, 6.45) is -2.65. The van der Waals surface area contributed by atoms with Gasteiger partial charge >= 0.3 is 6.18 Å². The molecule has 1 fully saturated rings. The molecule has 0 radical (unpaired) electrons. The third-order valence-electron chi connectivity index (χ3n) is 4.08. The first kappa shape index (κ1) is 17.7. The number of hydrogen-bond donors (Lipinski definition) is 2. The Morgan fingerprint density at radius 2 is 2.17 bits per heavy atom. The molecular formula is C16H21F3N2O2. The fourth-order valence-electron chi connectivity index (χ4n) is 2.87. The standard InChI is InChI=1S/C16H21F3N2O2/c1-15(11-22)6-3-7-21(10-15)9-14(23)20-13-5-2-4-12(8-13)16(17,18)19/h2,4-5,8,22H,3,6-7,9-11H2,1H3,(H,20,23). The number of aliphatic hydroxyl groups excluding tert-OH is 1. The van der Waals surface area contributed by atoms with Crippen molar-refractivity contribution < 1.29 is 23.1 Å². The first-order chi connectivity index (χ1) is 10.7. The van der Waals surface area contributed by atoms with Gasteiger partial charge in [-0.05, 0) is 37.6 Å². The first-order valence-corrected chi connectivity index (χ1v) is 7.52. The van der Waals surface area contributed by atoms with E-state index in [1.54, 1.807) is 0 Å². The van der Waals surface area contributed by atoms with E-state index >= 15 is 0 Å². The largest absolute Gasteiger partial charge is 0.416 e. The topological polar surface area (TPSA) is 52.6 Å². The highest BCUT2D eigenvalue weighted by Gasteiger charge is 2.32. The van der Waals surface area contributed by atoms with Crippen LogP contribution in [0.5, 0.6) is 0 Å². The number of nitrogens with zero attached hydrogens (tertiary/aromatic N) is 1. The van der Waals surface area contributed by atoms with E-state index in [-0.39, 0.29) is 30.2 Å². The van der Waals surface area contributed by atoms with Crippen LogP contribution in [0, 0.1) is 5.41 Å². The smallest absolute Gasteiger partial charge is 0.396 e. The van der Waals surface area contributed by atoms with Crippen LogP contribution in [0.15, 0.2) is 24.3 Å². The quantitative estimate of drug-likeness (QED) is 0.892. The third-order valence-corrected chi connectivity index (χ3v) is 4.08. The molecule has 0 aromatic heterocycles. The molecule has 128 valence electrons. The fourth-order valence-corrected chi connectivity index (χ4v) is 2.87. The van der Waals surface area contributed by atoms with Gasteiger partial charge in [0.2, 0.25) is 5.91 Å². The van der Waals surface area contributed by atoms with Crippen molar-refractivity contribution in [2.45, 2.75) is 25.9 Å². The van der Waals surface area contributed by atoms with Crippen molar-refractivity contribution >= 4 is 11.6 Å². The minimum Gasteiger partial charge on any atom is -0.396 e. The molecule has 1 heterocycles. The first-order valence-electron chi connectivity index (χ1n) is 7.52. The van der Waals surface area contributed by atoms with Crippen LogP contribution < -0.4 is 5.32 Å². The zero-order valence-electron chi connectivity index (χ0n) is 13.0. The van der Waals surface area contributed by atoms with E-state index < -0.39 is 11.7 Å². The lowest BCUT2D eigenvalue weighted by molar-refractivity contribution is -0.137. The molecule has 23 heavy (non-hydrogen) atoms. The second kappa shape index (κ2) is 6.88. The van der Waals surface area contributed by atoms with Crippen molar-refractivity contribution in [3.05, 3.63) is 29.8 Å². The Balaban J connectivity index is 1.95. The highest BCUT2D eigenvalue weighted by atomic mass is 19.4. The molecule has 0 bridgehead atoms. The summed E-state index contributed by atoms with van der Waals surface area (Å²) in [4.78, 5) is 14.0. The minimum absolute atomic E-state index is 0.0543. The van der Waals surface area contributed by atoms with Gasteiger partial charge in [0.25, 0.3) is 0 Å². The summed E-state index contributed by atoms with van der Waals surface area (Å²) in [6, 6.07) is 4.59. The molecule has 1 atom stereocenters. The van der Waals surface area contributed by atoms with Gasteiger partial charge in [0.1, 0.15) is 0 Å². The molecular weight excluding hydrogens is 309 g/mol. The second-order valence-corrected chi connectivity index (χ2v) is 6.41. The van der Waals surface area contributed by atoms with Gasteiger partial charge in [-0.25, -0.2) is 0 Å². The molecule has 2 N–H and O–H groups in total. The number of halogens is 3. The third kappa shape index (κ3) is 4.94. The Morgan fingerprint density at radius 3 is 2.83 bits per heavy atom. The van der Waals surface area contributed by atoms with Gasteiger partial charge in [-0.15, -0.1) is 0 Å². The molecule has 1 aromatic rings. The zero-order chi connectivity index (χ0) is 17.1. The molecule has 0 aliphatic carbocycles. The molecule has 0 saturated carbocycles. The van der Waals surface area contributed by atoms with E-state index in [2.05, 4.69) is 5.32 Å². The van der Waals surface area contributed by atoms with Gasteiger partial charge < -0.3 is 10.4 Å². The predicted molar refractivity (Wildman–Crippen MR) is 80.9 cm³/mol. The van der Waals surface area contributed by atoms with Crippen LogP contribution in [0.4, 0.5) is 18.9 Å². The van der Waals surface area contributed by atoms with E-state index in [1.807, 2.05) is 11.8 Å². The average Bonchev–Trinajstić information content (AvgIpc) is 2.46. The summed E-state index contributed by atoms with van der Waals surface area (Å²) < 4.78 is 38.0. The Labute approximate surface area is 133 Å². The number of alkyl halides is 3. The summed E-state index contributed by atoms with van der Waals surface area (Å²) >= 11 is 0. The SMILES string of the molecule is CC1(CO)CCCN(CC(=O)Nc2cccc(C(F)(F)F)c2)C1. The molecule has 1 saturated heterocycles. The van der Waals surface area contributed by atoms with Gasteiger partial charge in [-0.3, -0.25) is 9.69 Å². The summed E-state index contributed by atoms with van der Waals surface area (Å²) in [5, 5.41) is 11.9. The number of amides is 1. The number of rotatable bonds is 4. The van der Waals surface area contributed by atoms with E-state index in [9.17, 15) is 23.1 Å². The number of nitrogens with one attached hydrogen (secondary N) is 1. The van der Waals surface area contributed by atoms with Gasteiger partial charge in [-0.2, -0.15) is 13.2 Å². The van der Waals surface area contributed by atoms with E-state index in [1.165, 1.54) is 12.1 Å². The maximum atomic E-state index is 12.7. The molecule has 1 aromatic carbocycles. The number of benzene rings is 1. The molecule has 1 unspecified atom stereocenters. The summed E-state index contributed by atoms with van der Waals surface area (Å²) in [6.45, 7) is 3.46. The Kier molecular flexibility index (Phi) is 5.31. The van der Waals surface area contributed by atoms with Gasteiger partial charge in [-0.1, -0.05) is 13.0 Å². The van der Waals surface area contributed by atoms with Crippen LogP contribution in [-0.4, -0.2) is 42.2 Å². The van der Waals surface area contributed by atoms with Crippen LogP contribution in [0.25, 0.3) is 0 Å². The van der Waals surface area contributed by atoms with Crippen LogP contribution in [0.3, 0.4) is 0 Å². The number of piperidine rings is 1. The van der Waals surface area contributed by atoms with Gasteiger partial charge in [0.15, 0.2) is 0 Å². The van der Waals surface area contributed by atoms with E-state index in [0.717, 1.165) is 31.5 Å². The molecule has 7 heteroatoms. The lowest BCUT2D eigenvalue weighted by Crippen LogP contribution is -2.46. The predicted octanol–water partition coefficient (Wildman–Crippen LogP) is 2.74. The lowest BCUT2D eigenvalue weighted by atomic mass is 9.83. The van der Waals surface area contributed by atoms with Crippen LogP contribution in [-0.2, 0) is 11.0 Å². The van der Waals surface area contributed by atoms with Crippen molar-refractivity contribution in [2.75, 3.05) is 31.6 Å². The van der Waals surface area contributed by atoms with Crippen molar-refractivity contribution in [3.8, 4) is 0 Å². The van der Waals surface area contributed by atoms with Crippen LogP contribution >= 0.6 is 0 Å². The Bertz CT molecular complexity index is 563. The number of carbonyl (C=O) groups is 1. The highest BCUT2D eigenvalue weighted by molar-refractivity contribution is 5.92. The lowest BCUT2D eigenvalue weighted by Gasteiger charge is -2.38. The number of likely N-dealkylation sites (tertiary alicyclic amines) is 1. The van der Waals surface area contributed by atoms with Crippen LogP contribution in [0.1, 0.15) is 25.3 Å². The van der Waals surface area contributed by atoms with Crippen molar-refractivity contribution in [2.24, 2.45) is 5.41 Å². The van der Waals surface area contributed by atoms with E-state index in [4.69, 9.17) is 0 Å². The molecule has 1 aliphatic heterocycles. The van der Waals surface area contributed by atoms with Crippen molar-refractivity contribution in [3.63, 3.8) is 0 Å². The maximum absolute atomic E-state index is 12.7. The number of hydrogen-bond acceptors (Lipinski definition) is 3. The molecule has 0 spiro atoms. The fraction of sp³-hybridized carbons (Fsp3) is 0.562. The highest BCUT2D eigenvalue weighted by Crippen LogP contribution is 2.31. The van der Waals surface area contributed by atoms with Crippen molar-refractivity contribution in [1.29, 1.82) is 0 Å². The zero-order valence-corrected chi connectivity index (χ0v) is 13.0. The number of carbonyl (C=O) groups excluding carboxylic acids is 1. The molecule has 1 aliphatic rings. The summed E-state index contributed by atoms with van der Waals surface area (Å²) in [7, 11) is 0. The molecule has 4 nitrogen and oxygen atoms in total. The van der Waals surface area contributed by atoms with Crippen molar-refractivity contribution in [1.82, 2.24) is 4.90 Å². The summed E-state index contributed by atoms with van der Waals surface area (Å²) in [5.74, 6) is -0.355. The molecule has 1 amide bonds. The number of anilines is 1. The van der Waals surface area contributed by atoms with Gasteiger partial charge in [0.05, 0.1) is 12.1 Å². The van der Waals surface area contributed by atoms with Gasteiger partial charge in [0, 0.05) is 24.3 Å². The van der Waals surface area contributed by atoms with Crippen LogP contribution in [0.2, 0.25) is 0 Å². The average molecular weight is 330 g/mol. The Morgan fingerprint density at radius 1 is 1.43 bits per heavy atom. The normalized spacial score (nSPS) is 22.8. The number of aliphatic hydroxyl groups is 1. The summed E-state index contributed by atoms with van der Waals surface area (Å²) in [5.41, 5.74) is -0.887. The maximum Gasteiger partial charge on any atom is 0.416 e. The minimum atomic E-state index is -4.43. The Hall–Kier alpha value is -1.60.